The van der Waals surface area contributed by atoms with Gasteiger partial charge >= 0.3 is 0 Å². The molecule has 0 unspecified atom stereocenters. The lowest BCUT2D eigenvalue weighted by molar-refractivity contribution is -0.130. The summed E-state index contributed by atoms with van der Waals surface area (Å²) >= 11 is 0. The number of rotatable bonds is 20. The van der Waals surface area contributed by atoms with Crippen molar-refractivity contribution in [3.8, 4) is 11.5 Å². The second-order valence-corrected chi connectivity index (χ2v) is 8.76. The highest BCUT2D eigenvalue weighted by molar-refractivity contribution is 5.95. The van der Waals surface area contributed by atoms with E-state index in [-0.39, 0.29) is 30.6 Å². The van der Waals surface area contributed by atoms with Gasteiger partial charge in [-0.15, -0.1) is 0 Å². The minimum Gasteiger partial charge on any atom is -0.508 e. The molecule has 0 bridgehead atoms. The first-order chi connectivity index (χ1) is 15.6. The molecule has 0 heterocycles. The standard InChI is InChI=1S/C27H45NO4/c1-2-3-4-5-6-7-8-9-10-11-12-13-14-15-16-17-26(30)28-27(31)22-23-32-25-20-18-24(29)19-21-25/h18-21,29H,2-17,22-23H2,1H3,(H,28,30,31). The summed E-state index contributed by atoms with van der Waals surface area (Å²) in [6, 6.07) is 6.32. The molecule has 5 nitrogen and oxygen atoms in total. The van der Waals surface area contributed by atoms with E-state index in [1.54, 1.807) is 12.1 Å². The SMILES string of the molecule is CCCCCCCCCCCCCCCCCC(=O)NC(=O)CCOc1ccc(O)cc1. The van der Waals surface area contributed by atoms with E-state index in [0.717, 1.165) is 12.8 Å². The fourth-order valence-electron chi connectivity index (χ4n) is 3.74. The molecule has 0 aliphatic rings. The van der Waals surface area contributed by atoms with Crippen LogP contribution in [0.25, 0.3) is 0 Å². The molecule has 1 aromatic rings. The Morgan fingerprint density at radius 2 is 1.12 bits per heavy atom. The van der Waals surface area contributed by atoms with Crippen molar-refractivity contribution in [1.82, 2.24) is 5.32 Å². The van der Waals surface area contributed by atoms with Crippen LogP contribution < -0.4 is 10.1 Å². The summed E-state index contributed by atoms with van der Waals surface area (Å²) in [4.78, 5) is 23.7. The van der Waals surface area contributed by atoms with E-state index in [2.05, 4.69) is 12.2 Å². The lowest BCUT2D eigenvalue weighted by Gasteiger charge is -2.07. The molecule has 2 N–H and O–H groups in total. The average Bonchev–Trinajstić information content (AvgIpc) is 2.77. The van der Waals surface area contributed by atoms with Gasteiger partial charge in [0.25, 0.3) is 0 Å². The molecule has 0 aromatic heterocycles. The smallest absolute Gasteiger partial charge is 0.229 e. The van der Waals surface area contributed by atoms with Gasteiger partial charge in [-0.1, -0.05) is 96.8 Å². The average molecular weight is 448 g/mol. The van der Waals surface area contributed by atoms with Crippen molar-refractivity contribution >= 4 is 11.8 Å². The molecule has 1 aromatic carbocycles. The molecule has 0 fully saturated rings. The van der Waals surface area contributed by atoms with Crippen LogP contribution >= 0.6 is 0 Å². The highest BCUT2D eigenvalue weighted by Crippen LogP contribution is 2.16. The molecule has 0 aliphatic carbocycles. The topological polar surface area (TPSA) is 75.6 Å². The minimum absolute atomic E-state index is 0.130. The zero-order valence-electron chi connectivity index (χ0n) is 20.2. The van der Waals surface area contributed by atoms with Crippen LogP contribution in [0.3, 0.4) is 0 Å². The highest BCUT2D eigenvalue weighted by Gasteiger charge is 2.08. The number of phenolic OH excluding ortho intramolecular Hbond substituents is 1. The van der Waals surface area contributed by atoms with Gasteiger partial charge in [0.05, 0.1) is 13.0 Å². The monoisotopic (exact) mass is 447 g/mol. The summed E-state index contributed by atoms with van der Waals surface area (Å²) in [6.07, 6.45) is 19.9. The van der Waals surface area contributed by atoms with Crippen LogP contribution in [0.5, 0.6) is 11.5 Å². The van der Waals surface area contributed by atoms with Crippen molar-refractivity contribution in [1.29, 1.82) is 0 Å². The fraction of sp³-hybridized carbons (Fsp3) is 0.704. The third kappa shape index (κ3) is 16.6. The summed E-state index contributed by atoms with van der Waals surface area (Å²) < 4.78 is 5.42. The Balaban J connectivity index is 1.84. The molecule has 0 radical (unpaired) electrons. The Hall–Kier alpha value is -2.04. The van der Waals surface area contributed by atoms with E-state index in [4.69, 9.17) is 4.74 Å². The number of unbranched alkanes of at least 4 members (excludes halogenated alkanes) is 14. The van der Waals surface area contributed by atoms with Crippen LogP contribution in [0.15, 0.2) is 24.3 Å². The fourth-order valence-corrected chi connectivity index (χ4v) is 3.74. The van der Waals surface area contributed by atoms with Crippen LogP contribution in [0, 0.1) is 0 Å². The first-order valence-electron chi connectivity index (χ1n) is 12.9. The van der Waals surface area contributed by atoms with E-state index in [1.165, 1.54) is 95.6 Å². The Morgan fingerprint density at radius 1 is 0.688 bits per heavy atom. The summed E-state index contributed by atoms with van der Waals surface area (Å²) in [6.45, 7) is 2.46. The second-order valence-electron chi connectivity index (χ2n) is 8.76. The number of nitrogens with one attached hydrogen (secondary N) is 1. The number of aromatic hydroxyl groups is 1. The van der Waals surface area contributed by atoms with Crippen LogP contribution in [0.4, 0.5) is 0 Å². The van der Waals surface area contributed by atoms with Gasteiger partial charge in [-0.3, -0.25) is 14.9 Å². The van der Waals surface area contributed by atoms with Crippen LogP contribution in [-0.2, 0) is 9.59 Å². The summed E-state index contributed by atoms with van der Waals surface area (Å²) in [5.41, 5.74) is 0. The van der Waals surface area contributed by atoms with E-state index >= 15 is 0 Å². The third-order valence-corrected chi connectivity index (χ3v) is 5.72. The number of phenols is 1. The molecular formula is C27H45NO4. The summed E-state index contributed by atoms with van der Waals surface area (Å²) in [5.74, 6) is 0.239. The number of hydrogen-bond donors (Lipinski definition) is 2. The van der Waals surface area contributed by atoms with Gasteiger partial charge in [-0.2, -0.15) is 0 Å². The van der Waals surface area contributed by atoms with Gasteiger partial charge in [0.15, 0.2) is 0 Å². The van der Waals surface area contributed by atoms with Gasteiger partial charge in [0.2, 0.25) is 11.8 Å². The predicted molar refractivity (Wildman–Crippen MR) is 131 cm³/mol. The second kappa shape index (κ2) is 19.6. The van der Waals surface area contributed by atoms with Crippen molar-refractivity contribution in [3.63, 3.8) is 0 Å². The summed E-state index contributed by atoms with van der Waals surface area (Å²) in [5, 5.41) is 11.6. The molecule has 32 heavy (non-hydrogen) atoms. The van der Waals surface area contributed by atoms with Crippen LogP contribution in [0.2, 0.25) is 0 Å². The quantitative estimate of drug-likeness (QED) is 0.210. The van der Waals surface area contributed by atoms with Gasteiger partial charge < -0.3 is 9.84 Å². The molecule has 1 rings (SSSR count). The largest absolute Gasteiger partial charge is 0.508 e. The maximum absolute atomic E-state index is 11.9. The van der Waals surface area contributed by atoms with Crippen molar-refractivity contribution in [2.24, 2.45) is 0 Å². The van der Waals surface area contributed by atoms with E-state index in [0.29, 0.717) is 12.2 Å². The number of ether oxygens (including phenoxy) is 1. The Kier molecular flexibility index (Phi) is 17.2. The molecule has 0 saturated carbocycles. The first-order valence-corrected chi connectivity index (χ1v) is 12.9. The maximum atomic E-state index is 11.9. The van der Waals surface area contributed by atoms with Crippen LogP contribution in [0.1, 0.15) is 116 Å². The Bertz CT molecular complexity index is 600. The lowest BCUT2D eigenvalue weighted by atomic mass is 10.0. The lowest BCUT2D eigenvalue weighted by Crippen LogP contribution is -2.31. The van der Waals surface area contributed by atoms with E-state index in [9.17, 15) is 14.7 Å². The van der Waals surface area contributed by atoms with Gasteiger partial charge in [0.1, 0.15) is 11.5 Å². The van der Waals surface area contributed by atoms with E-state index < -0.39 is 0 Å². The number of benzene rings is 1. The number of hydrogen-bond acceptors (Lipinski definition) is 4. The van der Waals surface area contributed by atoms with Crippen molar-refractivity contribution < 1.29 is 19.4 Å². The number of imide groups is 1. The van der Waals surface area contributed by atoms with E-state index in [1.807, 2.05) is 0 Å². The molecule has 5 heteroatoms. The molecule has 0 atom stereocenters. The Labute approximate surface area is 195 Å². The van der Waals surface area contributed by atoms with Crippen molar-refractivity contribution in [3.05, 3.63) is 24.3 Å². The predicted octanol–water partition coefficient (Wildman–Crippen LogP) is 7.07. The molecule has 2 amide bonds. The normalized spacial score (nSPS) is 10.8. The van der Waals surface area contributed by atoms with Crippen LogP contribution in [-0.4, -0.2) is 23.5 Å². The molecule has 0 spiro atoms. The van der Waals surface area contributed by atoms with Gasteiger partial charge in [-0.05, 0) is 30.7 Å². The Morgan fingerprint density at radius 3 is 1.62 bits per heavy atom. The maximum Gasteiger partial charge on any atom is 0.229 e. The first kappa shape index (κ1) is 28.0. The molecule has 0 aliphatic heterocycles. The van der Waals surface area contributed by atoms with Crippen molar-refractivity contribution in [2.45, 2.75) is 116 Å². The molecule has 182 valence electrons. The third-order valence-electron chi connectivity index (χ3n) is 5.72. The zero-order chi connectivity index (χ0) is 23.3. The van der Waals surface area contributed by atoms with Gasteiger partial charge in [-0.25, -0.2) is 0 Å². The summed E-state index contributed by atoms with van der Waals surface area (Å²) in [7, 11) is 0. The highest BCUT2D eigenvalue weighted by atomic mass is 16.5. The van der Waals surface area contributed by atoms with Crippen molar-refractivity contribution in [2.75, 3.05) is 6.61 Å². The molecular weight excluding hydrogens is 402 g/mol. The van der Waals surface area contributed by atoms with Gasteiger partial charge in [0, 0.05) is 6.42 Å². The number of carbonyl (C=O) groups is 2. The number of amides is 2. The zero-order valence-corrected chi connectivity index (χ0v) is 20.2. The minimum atomic E-state index is -0.310. The molecule has 0 saturated heterocycles. The number of carbonyl (C=O) groups excluding carboxylic acids is 2.